The van der Waals surface area contributed by atoms with Crippen molar-refractivity contribution in [2.24, 2.45) is 0 Å². The lowest BCUT2D eigenvalue weighted by Crippen LogP contribution is -2.29. The van der Waals surface area contributed by atoms with Crippen LogP contribution in [0.4, 0.5) is 10.5 Å². The van der Waals surface area contributed by atoms with Crippen LogP contribution in [0, 0.1) is 0 Å². The molecule has 20 heavy (non-hydrogen) atoms. The summed E-state index contributed by atoms with van der Waals surface area (Å²) in [5, 5.41) is 13.7. The third-order valence-electron chi connectivity index (χ3n) is 2.31. The molecule has 0 saturated carbocycles. The zero-order valence-electron chi connectivity index (χ0n) is 11.1. The molecule has 0 aliphatic rings. The number of carboxylic acid groups (broad SMARTS) is 1. The SMILES string of the molecule is C=CCOc1cccc(NC(=O)NCCCC(=O)O)c1. The maximum Gasteiger partial charge on any atom is 0.319 e. The number of amides is 2. The maximum absolute atomic E-state index is 11.6. The van der Waals surface area contributed by atoms with Crippen LogP contribution in [0.15, 0.2) is 36.9 Å². The second-order valence-corrected chi connectivity index (χ2v) is 4.01. The largest absolute Gasteiger partial charge is 0.489 e. The molecule has 0 saturated heterocycles. The number of ether oxygens (including phenoxy) is 1. The molecule has 0 aliphatic heterocycles. The zero-order valence-corrected chi connectivity index (χ0v) is 11.1. The van der Waals surface area contributed by atoms with E-state index in [1.165, 1.54) is 0 Å². The Hall–Kier alpha value is -2.50. The van der Waals surface area contributed by atoms with E-state index in [1.54, 1.807) is 30.3 Å². The number of urea groups is 1. The van der Waals surface area contributed by atoms with E-state index in [4.69, 9.17) is 9.84 Å². The lowest BCUT2D eigenvalue weighted by Gasteiger charge is -2.09. The number of aliphatic carboxylic acids is 1. The number of nitrogens with one attached hydrogen (secondary N) is 2. The summed E-state index contributed by atoms with van der Waals surface area (Å²) in [5.41, 5.74) is 0.599. The summed E-state index contributed by atoms with van der Waals surface area (Å²) >= 11 is 0. The molecular weight excluding hydrogens is 260 g/mol. The van der Waals surface area contributed by atoms with E-state index in [0.29, 0.717) is 31.0 Å². The molecular formula is C14H18N2O4. The second kappa shape index (κ2) is 8.58. The van der Waals surface area contributed by atoms with Gasteiger partial charge in [0.25, 0.3) is 0 Å². The molecule has 1 rings (SSSR count). The minimum absolute atomic E-state index is 0.0329. The van der Waals surface area contributed by atoms with Crippen LogP contribution in [0.3, 0.4) is 0 Å². The highest BCUT2D eigenvalue weighted by atomic mass is 16.5. The molecule has 0 atom stereocenters. The number of hydrogen-bond acceptors (Lipinski definition) is 3. The molecule has 0 heterocycles. The highest BCUT2D eigenvalue weighted by Crippen LogP contribution is 2.17. The second-order valence-electron chi connectivity index (χ2n) is 4.01. The molecule has 1 aromatic rings. The van der Waals surface area contributed by atoms with Gasteiger partial charge in [0.15, 0.2) is 0 Å². The van der Waals surface area contributed by atoms with Gasteiger partial charge in [0.2, 0.25) is 0 Å². The quantitative estimate of drug-likeness (QED) is 0.502. The van der Waals surface area contributed by atoms with Crippen LogP contribution in [-0.4, -0.2) is 30.3 Å². The lowest BCUT2D eigenvalue weighted by atomic mass is 10.3. The number of carbonyl (C=O) groups is 2. The summed E-state index contributed by atoms with van der Waals surface area (Å²) < 4.78 is 5.35. The predicted molar refractivity (Wildman–Crippen MR) is 76.0 cm³/mol. The summed E-state index contributed by atoms with van der Waals surface area (Å²) in [6, 6.07) is 6.59. The number of carbonyl (C=O) groups excluding carboxylic acids is 1. The summed E-state index contributed by atoms with van der Waals surface area (Å²) in [5.74, 6) is -0.243. The van der Waals surface area contributed by atoms with Crippen molar-refractivity contribution in [1.82, 2.24) is 5.32 Å². The van der Waals surface area contributed by atoms with Gasteiger partial charge in [-0.15, -0.1) is 0 Å². The third kappa shape index (κ3) is 6.44. The van der Waals surface area contributed by atoms with Crippen molar-refractivity contribution < 1.29 is 19.4 Å². The van der Waals surface area contributed by atoms with E-state index in [2.05, 4.69) is 17.2 Å². The zero-order chi connectivity index (χ0) is 14.8. The van der Waals surface area contributed by atoms with E-state index in [-0.39, 0.29) is 12.5 Å². The molecule has 6 heteroatoms. The van der Waals surface area contributed by atoms with Crippen LogP contribution in [0.1, 0.15) is 12.8 Å². The summed E-state index contributed by atoms with van der Waals surface area (Å²) in [4.78, 5) is 21.9. The number of rotatable bonds is 8. The maximum atomic E-state index is 11.6. The minimum atomic E-state index is -0.876. The molecule has 2 amide bonds. The van der Waals surface area contributed by atoms with Crippen molar-refractivity contribution in [3.8, 4) is 5.75 Å². The molecule has 6 nitrogen and oxygen atoms in total. The Morgan fingerprint density at radius 3 is 2.90 bits per heavy atom. The molecule has 3 N–H and O–H groups in total. The van der Waals surface area contributed by atoms with Gasteiger partial charge >= 0.3 is 12.0 Å². The fraction of sp³-hybridized carbons (Fsp3) is 0.286. The van der Waals surface area contributed by atoms with Crippen LogP contribution in [0.2, 0.25) is 0 Å². The van der Waals surface area contributed by atoms with Crippen molar-refractivity contribution in [3.63, 3.8) is 0 Å². The Morgan fingerprint density at radius 2 is 2.20 bits per heavy atom. The summed E-state index contributed by atoms with van der Waals surface area (Å²) in [6.07, 6.45) is 2.06. The van der Waals surface area contributed by atoms with Gasteiger partial charge in [-0.3, -0.25) is 4.79 Å². The van der Waals surface area contributed by atoms with Gasteiger partial charge < -0.3 is 20.5 Å². The van der Waals surface area contributed by atoms with Crippen molar-refractivity contribution in [1.29, 1.82) is 0 Å². The van der Waals surface area contributed by atoms with Gasteiger partial charge in [-0.25, -0.2) is 4.79 Å². The molecule has 0 radical (unpaired) electrons. The molecule has 0 bridgehead atoms. The van der Waals surface area contributed by atoms with E-state index in [0.717, 1.165) is 0 Å². The van der Waals surface area contributed by atoms with Crippen LogP contribution >= 0.6 is 0 Å². The molecule has 0 aliphatic carbocycles. The normalized spacial score (nSPS) is 9.60. The lowest BCUT2D eigenvalue weighted by molar-refractivity contribution is -0.137. The summed E-state index contributed by atoms with van der Waals surface area (Å²) in [6.45, 7) is 4.26. The highest BCUT2D eigenvalue weighted by Gasteiger charge is 2.03. The van der Waals surface area contributed by atoms with Gasteiger partial charge in [0.1, 0.15) is 12.4 Å². The van der Waals surface area contributed by atoms with Crippen LogP contribution < -0.4 is 15.4 Å². The highest BCUT2D eigenvalue weighted by molar-refractivity contribution is 5.89. The molecule has 108 valence electrons. The first-order chi connectivity index (χ1) is 9.61. The van der Waals surface area contributed by atoms with Crippen molar-refractivity contribution in [3.05, 3.63) is 36.9 Å². The van der Waals surface area contributed by atoms with Gasteiger partial charge in [0, 0.05) is 24.7 Å². The van der Waals surface area contributed by atoms with E-state index >= 15 is 0 Å². The molecule has 1 aromatic carbocycles. The summed E-state index contributed by atoms with van der Waals surface area (Å²) in [7, 11) is 0. The molecule has 0 fully saturated rings. The Kier molecular flexibility index (Phi) is 6.67. The van der Waals surface area contributed by atoms with Crippen molar-refractivity contribution in [2.45, 2.75) is 12.8 Å². The Labute approximate surface area is 117 Å². The van der Waals surface area contributed by atoms with Crippen LogP contribution in [-0.2, 0) is 4.79 Å². The first kappa shape index (κ1) is 15.6. The molecule has 0 aromatic heterocycles. The van der Waals surface area contributed by atoms with Crippen molar-refractivity contribution >= 4 is 17.7 Å². The van der Waals surface area contributed by atoms with Gasteiger partial charge in [0.05, 0.1) is 0 Å². The predicted octanol–water partition coefficient (Wildman–Crippen LogP) is 2.24. The van der Waals surface area contributed by atoms with E-state index in [1.807, 2.05) is 0 Å². The minimum Gasteiger partial charge on any atom is -0.489 e. The fourth-order valence-electron chi connectivity index (χ4n) is 1.44. The number of hydrogen-bond donors (Lipinski definition) is 3. The average Bonchev–Trinajstić information content (AvgIpc) is 2.41. The number of benzene rings is 1. The third-order valence-corrected chi connectivity index (χ3v) is 2.31. The van der Waals surface area contributed by atoms with E-state index < -0.39 is 5.97 Å². The van der Waals surface area contributed by atoms with Gasteiger partial charge in [-0.2, -0.15) is 0 Å². The first-order valence-corrected chi connectivity index (χ1v) is 6.22. The van der Waals surface area contributed by atoms with Gasteiger partial charge in [-0.05, 0) is 18.6 Å². The average molecular weight is 278 g/mol. The van der Waals surface area contributed by atoms with Crippen molar-refractivity contribution in [2.75, 3.05) is 18.5 Å². The van der Waals surface area contributed by atoms with E-state index in [9.17, 15) is 9.59 Å². The van der Waals surface area contributed by atoms with Crippen LogP contribution in [0.25, 0.3) is 0 Å². The Bertz CT molecular complexity index is 474. The van der Waals surface area contributed by atoms with Crippen LogP contribution in [0.5, 0.6) is 5.75 Å². The molecule has 0 unspecified atom stereocenters. The topological polar surface area (TPSA) is 87.7 Å². The fourth-order valence-corrected chi connectivity index (χ4v) is 1.44. The standard InChI is InChI=1S/C14H18N2O4/c1-2-9-20-12-6-3-5-11(10-12)16-14(19)15-8-4-7-13(17)18/h2-3,5-6,10H,1,4,7-9H2,(H,17,18)(H2,15,16,19). The first-order valence-electron chi connectivity index (χ1n) is 6.22. The van der Waals surface area contributed by atoms with Gasteiger partial charge in [-0.1, -0.05) is 18.7 Å². The number of carboxylic acids is 1. The monoisotopic (exact) mass is 278 g/mol. The molecule has 0 spiro atoms. The Balaban J connectivity index is 2.37. The smallest absolute Gasteiger partial charge is 0.319 e. The number of anilines is 1. The Morgan fingerprint density at radius 1 is 1.40 bits per heavy atom.